The maximum Gasteiger partial charge on any atom is 0.0859 e. The summed E-state index contributed by atoms with van der Waals surface area (Å²) >= 11 is 0. The molecule has 152 valence electrons. The summed E-state index contributed by atoms with van der Waals surface area (Å²) in [5, 5.41) is 12.1. The summed E-state index contributed by atoms with van der Waals surface area (Å²) in [4.78, 5) is 4.80. The maximum absolute atomic E-state index is 9.94. The quantitative estimate of drug-likeness (QED) is 0.406. The number of fused-ring (bicyclic) bond motifs is 1. The van der Waals surface area contributed by atoms with Gasteiger partial charge in [-0.25, -0.2) is 4.98 Å². The van der Waals surface area contributed by atoms with Crippen molar-refractivity contribution in [2.45, 2.75) is 46.6 Å². The monoisotopic (exact) mass is 395 g/mol. The van der Waals surface area contributed by atoms with Crippen LogP contribution in [-0.4, -0.2) is 10.1 Å². The number of hydrogen-bond acceptors (Lipinski definition) is 2. The third-order valence-electron chi connectivity index (χ3n) is 5.89. The molecule has 3 aromatic carbocycles. The minimum absolute atomic E-state index is 0.0693. The predicted octanol–water partition coefficient (Wildman–Crippen LogP) is 6.98. The Morgan fingerprint density at radius 1 is 0.767 bits per heavy atom. The summed E-state index contributed by atoms with van der Waals surface area (Å²) in [6.45, 7) is 10.9. The molecule has 1 aromatic heterocycles. The van der Waals surface area contributed by atoms with E-state index < -0.39 is 0 Å². The van der Waals surface area contributed by atoms with Crippen molar-refractivity contribution in [3.05, 3.63) is 89.1 Å². The Kier molecular flexibility index (Phi) is 5.21. The lowest BCUT2D eigenvalue weighted by Gasteiger charge is -2.20. The smallest absolute Gasteiger partial charge is 0.0859 e. The molecule has 1 heterocycles. The van der Waals surface area contributed by atoms with E-state index in [1.807, 2.05) is 0 Å². The summed E-state index contributed by atoms with van der Waals surface area (Å²) in [6.07, 6.45) is 0. The van der Waals surface area contributed by atoms with Gasteiger partial charge in [-0.2, -0.15) is 0 Å². The van der Waals surface area contributed by atoms with Crippen LogP contribution in [0.1, 0.15) is 43.2 Å². The lowest BCUT2D eigenvalue weighted by atomic mass is 9.85. The van der Waals surface area contributed by atoms with Gasteiger partial charge in [0.15, 0.2) is 0 Å². The molecular formula is C28H29NO. The van der Waals surface area contributed by atoms with Crippen molar-refractivity contribution in [3.8, 4) is 22.4 Å². The number of hydrogen-bond donors (Lipinski definition) is 1. The lowest BCUT2D eigenvalue weighted by Crippen LogP contribution is -2.10. The molecule has 0 bridgehead atoms. The summed E-state index contributed by atoms with van der Waals surface area (Å²) in [6, 6.07) is 23.7. The van der Waals surface area contributed by atoms with Crippen molar-refractivity contribution >= 4 is 10.8 Å². The van der Waals surface area contributed by atoms with E-state index in [2.05, 4.69) is 101 Å². The van der Waals surface area contributed by atoms with Gasteiger partial charge in [0, 0.05) is 10.9 Å². The first kappa shape index (κ1) is 20.3. The molecular weight excluding hydrogens is 366 g/mol. The van der Waals surface area contributed by atoms with Crippen LogP contribution >= 0.6 is 0 Å². The number of aliphatic hydroxyl groups excluding tert-OH is 1. The average Bonchev–Trinajstić information content (AvgIpc) is 2.73. The van der Waals surface area contributed by atoms with E-state index in [0.717, 1.165) is 27.7 Å². The minimum Gasteiger partial charge on any atom is -0.390 e. The minimum atomic E-state index is -0.0693. The van der Waals surface area contributed by atoms with Crippen molar-refractivity contribution < 1.29 is 5.11 Å². The van der Waals surface area contributed by atoms with Crippen LogP contribution in [0.25, 0.3) is 33.2 Å². The number of aryl methyl sites for hydroxylation is 2. The first-order valence-corrected chi connectivity index (χ1v) is 10.5. The molecule has 0 amide bonds. The van der Waals surface area contributed by atoms with Crippen LogP contribution in [-0.2, 0) is 12.0 Å². The van der Waals surface area contributed by atoms with Crippen molar-refractivity contribution in [1.82, 2.24) is 4.98 Å². The molecule has 4 rings (SSSR count). The predicted molar refractivity (Wildman–Crippen MR) is 127 cm³/mol. The highest BCUT2D eigenvalue weighted by atomic mass is 16.3. The number of pyridine rings is 1. The zero-order valence-corrected chi connectivity index (χ0v) is 18.5. The van der Waals surface area contributed by atoms with E-state index in [4.69, 9.17) is 4.98 Å². The molecule has 0 saturated heterocycles. The Hall–Kier alpha value is -2.97. The third-order valence-corrected chi connectivity index (χ3v) is 5.89. The van der Waals surface area contributed by atoms with Gasteiger partial charge in [-0.05, 0) is 70.7 Å². The fourth-order valence-corrected chi connectivity index (χ4v) is 3.88. The van der Waals surface area contributed by atoms with E-state index in [0.29, 0.717) is 0 Å². The second-order valence-corrected chi connectivity index (χ2v) is 9.18. The zero-order valence-electron chi connectivity index (χ0n) is 18.5. The van der Waals surface area contributed by atoms with Crippen LogP contribution in [0.2, 0.25) is 0 Å². The topological polar surface area (TPSA) is 33.1 Å². The molecule has 0 spiro atoms. The Morgan fingerprint density at radius 2 is 1.40 bits per heavy atom. The second kappa shape index (κ2) is 7.70. The number of aromatic nitrogens is 1. The normalized spacial score (nSPS) is 11.8. The fourth-order valence-electron chi connectivity index (χ4n) is 3.88. The number of rotatable bonds is 3. The van der Waals surface area contributed by atoms with E-state index >= 15 is 0 Å². The Morgan fingerprint density at radius 3 is 2.10 bits per heavy atom. The molecule has 0 aliphatic heterocycles. The molecule has 30 heavy (non-hydrogen) atoms. The highest BCUT2D eigenvalue weighted by Gasteiger charge is 2.14. The lowest BCUT2D eigenvalue weighted by molar-refractivity contribution is 0.278. The van der Waals surface area contributed by atoms with Gasteiger partial charge in [-0.15, -0.1) is 0 Å². The van der Waals surface area contributed by atoms with Gasteiger partial charge in [0.1, 0.15) is 0 Å². The molecule has 0 aliphatic rings. The van der Waals surface area contributed by atoms with Crippen LogP contribution in [0, 0.1) is 13.8 Å². The van der Waals surface area contributed by atoms with Gasteiger partial charge in [0.2, 0.25) is 0 Å². The molecule has 0 radical (unpaired) electrons. The summed E-state index contributed by atoms with van der Waals surface area (Å²) < 4.78 is 0. The van der Waals surface area contributed by atoms with Crippen molar-refractivity contribution in [2.24, 2.45) is 0 Å². The van der Waals surface area contributed by atoms with Gasteiger partial charge >= 0.3 is 0 Å². The van der Waals surface area contributed by atoms with Crippen LogP contribution in [0.15, 0.2) is 66.7 Å². The van der Waals surface area contributed by atoms with Crippen LogP contribution in [0.5, 0.6) is 0 Å². The Labute approximate surface area is 179 Å². The number of aliphatic hydroxyl groups is 1. The van der Waals surface area contributed by atoms with Crippen molar-refractivity contribution in [1.29, 1.82) is 0 Å². The van der Waals surface area contributed by atoms with E-state index in [-0.39, 0.29) is 12.0 Å². The van der Waals surface area contributed by atoms with Gasteiger partial charge in [0.25, 0.3) is 0 Å². The van der Waals surface area contributed by atoms with Gasteiger partial charge < -0.3 is 5.11 Å². The Balaban J connectivity index is 1.83. The van der Waals surface area contributed by atoms with E-state index in [1.54, 1.807) is 0 Å². The second-order valence-electron chi connectivity index (χ2n) is 9.18. The first-order chi connectivity index (χ1) is 14.3. The maximum atomic E-state index is 9.94. The zero-order chi connectivity index (χ0) is 21.5. The summed E-state index contributed by atoms with van der Waals surface area (Å²) in [5.41, 5.74) is 8.95. The van der Waals surface area contributed by atoms with Gasteiger partial charge in [0.05, 0.1) is 18.0 Å². The molecule has 1 N–H and O–H groups in total. The third kappa shape index (κ3) is 3.88. The van der Waals surface area contributed by atoms with E-state index in [1.165, 1.54) is 27.8 Å². The SMILES string of the molecule is Cc1cc2cc(-c3cccc(-c4cccc(C(C)(C)C)c4)c3)nc(CO)c2cc1C. The standard InChI is InChI=1S/C28H29NO/c1-18-12-23-16-26(29-27(17-30)25(23)13-19(18)2)22-10-6-8-20(14-22)21-9-7-11-24(15-21)28(3,4)5/h6-16,30H,17H2,1-5H3. The van der Waals surface area contributed by atoms with Gasteiger partial charge in [-0.3, -0.25) is 0 Å². The molecule has 4 aromatic rings. The first-order valence-electron chi connectivity index (χ1n) is 10.5. The van der Waals surface area contributed by atoms with Crippen LogP contribution in [0.3, 0.4) is 0 Å². The average molecular weight is 396 g/mol. The molecule has 0 aliphatic carbocycles. The fraction of sp³-hybridized carbons (Fsp3) is 0.250. The van der Waals surface area contributed by atoms with Crippen molar-refractivity contribution in [3.63, 3.8) is 0 Å². The van der Waals surface area contributed by atoms with Gasteiger partial charge in [-0.1, -0.05) is 69.3 Å². The molecule has 0 atom stereocenters. The van der Waals surface area contributed by atoms with Crippen molar-refractivity contribution in [2.75, 3.05) is 0 Å². The summed E-state index contributed by atoms with van der Waals surface area (Å²) in [5.74, 6) is 0. The Bertz CT molecular complexity index is 1230. The molecule has 0 saturated carbocycles. The van der Waals surface area contributed by atoms with Crippen LogP contribution < -0.4 is 0 Å². The van der Waals surface area contributed by atoms with E-state index in [9.17, 15) is 5.11 Å². The molecule has 2 nitrogen and oxygen atoms in total. The molecule has 2 heteroatoms. The summed E-state index contributed by atoms with van der Waals surface area (Å²) in [7, 11) is 0. The highest BCUT2D eigenvalue weighted by Crippen LogP contribution is 2.32. The molecule has 0 unspecified atom stereocenters. The molecule has 0 fully saturated rings. The van der Waals surface area contributed by atoms with Crippen LogP contribution in [0.4, 0.5) is 0 Å². The largest absolute Gasteiger partial charge is 0.390 e. The number of nitrogens with zero attached hydrogens (tertiary/aromatic N) is 1. The number of benzene rings is 3. The highest BCUT2D eigenvalue weighted by molar-refractivity contribution is 5.89.